The molecule has 2 atom stereocenters. The molecule has 1 fully saturated rings. The topological polar surface area (TPSA) is 38.3 Å². The van der Waals surface area contributed by atoms with Gasteiger partial charge < -0.3 is 10.1 Å². The van der Waals surface area contributed by atoms with E-state index in [-0.39, 0.29) is 17.9 Å². The van der Waals surface area contributed by atoms with Crippen LogP contribution in [0.5, 0.6) is 0 Å². The molecule has 2 unspecified atom stereocenters. The van der Waals surface area contributed by atoms with Crippen LogP contribution in [-0.2, 0) is 9.53 Å². The highest BCUT2D eigenvalue weighted by Crippen LogP contribution is 2.18. The molecule has 0 radical (unpaired) electrons. The molecule has 1 amide bonds. The first kappa shape index (κ1) is 12.5. The Labute approximate surface area is 92.6 Å². The monoisotopic (exact) mass is 213 g/mol. The molecule has 0 bridgehead atoms. The lowest BCUT2D eigenvalue weighted by Crippen LogP contribution is -2.40. The molecule has 0 saturated carbocycles. The lowest BCUT2D eigenvalue weighted by molar-refractivity contribution is -0.127. The van der Waals surface area contributed by atoms with Gasteiger partial charge in [0.1, 0.15) is 0 Å². The maximum absolute atomic E-state index is 12.0. The van der Waals surface area contributed by atoms with E-state index < -0.39 is 0 Å². The normalized spacial score (nSPS) is 23.1. The Hall–Kier alpha value is -0.570. The van der Waals surface area contributed by atoms with E-state index >= 15 is 0 Å². The Balaban J connectivity index is 2.40. The quantitative estimate of drug-likeness (QED) is 0.758. The van der Waals surface area contributed by atoms with Gasteiger partial charge in [0, 0.05) is 12.5 Å². The molecule has 1 rings (SSSR count). The number of amides is 1. The van der Waals surface area contributed by atoms with Crippen molar-refractivity contribution >= 4 is 5.91 Å². The summed E-state index contributed by atoms with van der Waals surface area (Å²) in [6.07, 6.45) is 3.01. The van der Waals surface area contributed by atoms with Gasteiger partial charge in [-0.05, 0) is 18.8 Å². The van der Waals surface area contributed by atoms with Gasteiger partial charge in [0.15, 0.2) is 0 Å². The van der Waals surface area contributed by atoms with Crippen LogP contribution in [0.3, 0.4) is 0 Å². The highest BCUT2D eigenvalue weighted by Gasteiger charge is 2.25. The molecular formula is C12H23NO2. The van der Waals surface area contributed by atoms with Gasteiger partial charge in [-0.3, -0.25) is 4.79 Å². The summed E-state index contributed by atoms with van der Waals surface area (Å²) in [5, 5.41) is 3.08. The lowest BCUT2D eigenvalue weighted by atomic mass is 9.90. The second kappa shape index (κ2) is 6.11. The largest absolute Gasteiger partial charge is 0.379 e. The lowest BCUT2D eigenvalue weighted by Gasteiger charge is -2.21. The molecule has 0 aromatic carbocycles. The van der Waals surface area contributed by atoms with Crippen LogP contribution in [0.25, 0.3) is 0 Å². The minimum Gasteiger partial charge on any atom is -0.379 e. The van der Waals surface area contributed by atoms with Gasteiger partial charge in [0.2, 0.25) is 5.91 Å². The number of carbonyl (C=O) groups excluding carboxylic acids is 1. The summed E-state index contributed by atoms with van der Waals surface area (Å²) in [4.78, 5) is 12.0. The van der Waals surface area contributed by atoms with Gasteiger partial charge in [-0.1, -0.05) is 27.2 Å². The first-order valence-electron chi connectivity index (χ1n) is 6.03. The molecule has 3 nitrogen and oxygen atoms in total. The van der Waals surface area contributed by atoms with Crippen LogP contribution in [0.15, 0.2) is 0 Å². The summed E-state index contributed by atoms with van der Waals surface area (Å²) in [6.45, 7) is 7.82. The SMILES string of the molecule is CCCC(C(=O)NC1CCOC1)C(C)C. The number of hydrogen-bond donors (Lipinski definition) is 1. The highest BCUT2D eigenvalue weighted by atomic mass is 16.5. The zero-order chi connectivity index (χ0) is 11.3. The third kappa shape index (κ3) is 3.82. The van der Waals surface area contributed by atoms with Gasteiger partial charge in [0.25, 0.3) is 0 Å². The number of nitrogens with one attached hydrogen (secondary N) is 1. The van der Waals surface area contributed by atoms with Gasteiger partial charge in [-0.25, -0.2) is 0 Å². The van der Waals surface area contributed by atoms with E-state index in [9.17, 15) is 4.79 Å². The van der Waals surface area contributed by atoms with E-state index in [1.807, 2.05) is 0 Å². The van der Waals surface area contributed by atoms with E-state index in [2.05, 4.69) is 26.1 Å². The van der Waals surface area contributed by atoms with Crippen molar-refractivity contribution in [2.75, 3.05) is 13.2 Å². The van der Waals surface area contributed by atoms with Crippen molar-refractivity contribution in [3.05, 3.63) is 0 Å². The third-order valence-electron chi connectivity index (χ3n) is 3.02. The fourth-order valence-electron chi connectivity index (χ4n) is 2.03. The Morgan fingerprint density at radius 3 is 2.73 bits per heavy atom. The van der Waals surface area contributed by atoms with Crippen molar-refractivity contribution in [3.8, 4) is 0 Å². The molecule has 1 saturated heterocycles. The van der Waals surface area contributed by atoms with E-state index in [1.54, 1.807) is 0 Å². The maximum atomic E-state index is 12.0. The molecule has 88 valence electrons. The average molecular weight is 213 g/mol. The van der Waals surface area contributed by atoms with Crippen molar-refractivity contribution < 1.29 is 9.53 Å². The molecule has 1 heterocycles. The molecule has 0 aliphatic carbocycles. The Bertz CT molecular complexity index is 198. The van der Waals surface area contributed by atoms with E-state index in [0.717, 1.165) is 25.9 Å². The van der Waals surface area contributed by atoms with Gasteiger partial charge in [0.05, 0.1) is 12.6 Å². The predicted octanol–water partition coefficient (Wildman–Crippen LogP) is 1.96. The summed E-state index contributed by atoms with van der Waals surface area (Å²) in [5.41, 5.74) is 0. The third-order valence-corrected chi connectivity index (χ3v) is 3.02. The predicted molar refractivity (Wildman–Crippen MR) is 60.6 cm³/mol. The molecule has 1 N–H and O–H groups in total. The standard InChI is InChI=1S/C12H23NO2/c1-4-5-11(9(2)3)12(14)13-10-6-7-15-8-10/h9-11H,4-8H2,1-3H3,(H,13,14). The summed E-state index contributed by atoms with van der Waals surface area (Å²) >= 11 is 0. The molecule has 1 aliphatic rings. The zero-order valence-electron chi connectivity index (χ0n) is 10.1. The van der Waals surface area contributed by atoms with Crippen molar-refractivity contribution in [1.29, 1.82) is 0 Å². The molecule has 0 aromatic heterocycles. The van der Waals surface area contributed by atoms with Crippen LogP contribution >= 0.6 is 0 Å². The fourth-order valence-corrected chi connectivity index (χ4v) is 2.03. The minimum atomic E-state index is 0.163. The smallest absolute Gasteiger partial charge is 0.223 e. The highest BCUT2D eigenvalue weighted by molar-refractivity contribution is 5.79. The minimum absolute atomic E-state index is 0.163. The number of carbonyl (C=O) groups is 1. The van der Waals surface area contributed by atoms with Crippen LogP contribution in [0, 0.1) is 11.8 Å². The summed E-state index contributed by atoms with van der Waals surface area (Å²) in [5.74, 6) is 0.797. The molecule has 0 aromatic rings. The summed E-state index contributed by atoms with van der Waals surface area (Å²) in [7, 11) is 0. The second-order valence-corrected chi connectivity index (χ2v) is 4.71. The molecule has 15 heavy (non-hydrogen) atoms. The van der Waals surface area contributed by atoms with Gasteiger partial charge >= 0.3 is 0 Å². The first-order chi connectivity index (χ1) is 7.15. The maximum Gasteiger partial charge on any atom is 0.223 e. The number of hydrogen-bond acceptors (Lipinski definition) is 2. The Morgan fingerprint density at radius 2 is 2.27 bits per heavy atom. The van der Waals surface area contributed by atoms with Crippen molar-refractivity contribution in [3.63, 3.8) is 0 Å². The van der Waals surface area contributed by atoms with Crippen molar-refractivity contribution in [2.24, 2.45) is 11.8 Å². The number of rotatable bonds is 5. The molecular weight excluding hydrogens is 190 g/mol. The van der Waals surface area contributed by atoms with Crippen LogP contribution < -0.4 is 5.32 Å². The zero-order valence-corrected chi connectivity index (χ0v) is 10.1. The Morgan fingerprint density at radius 1 is 1.53 bits per heavy atom. The molecule has 0 spiro atoms. The van der Waals surface area contributed by atoms with Crippen LogP contribution in [-0.4, -0.2) is 25.2 Å². The van der Waals surface area contributed by atoms with Crippen LogP contribution in [0.4, 0.5) is 0 Å². The Kier molecular flexibility index (Phi) is 5.09. The van der Waals surface area contributed by atoms with E-state index in [1.165, 1.54) is 0 Å². The van der Waals surface area contributed by atoms with Gasteiger partial charge in [-0.15, -0.1) is 0 Å². The van der Waals surface area contributed by atoms with E-state index in [0.29, 0.717) is 12.5 Å². The van der Waals surface area contributed by atoms with Crippen LogP contribution in [0.1, 0.15) is 40.0 Å². The van der Waals surface area contributed by atoms with E-state index in [4.69, 9.17) is 4.74 Å². The van der Waals surface area contributed by atoms with Crippen molar-refractivity contribution in [1.82, 2.24) is 5.32 Å². The van der Waals surface area contributed by atoms with Crippen molar-refractivity contribution in [2.45, 2.75) is 46.1 Å². The fraction of sp³-hybridized carbons (Fsp3) is 0.917. The molecule has 1 aliphatic heterocycles. The van der Waals surface area contributed by atoms with Gasteiger partial charge in [-0.2, -0.15) is 0 Å². The average Bonchev–Trinajstić information content (AvgIpc) is 2.65. The van der Waals surface area contributed by atoms with Crippen LogP contribution in [0.2, 0.25) is 0 Å². The number of ether oxygens (including phenoxy) is 1. The second-order valence-electron chi connectivity index (χ2n) is 4.71. The first-order valence-corrected chi connectivity index (χ1v) is 6.03. The summed E-state index contributed by atoms with van der Waals surface area (Å²) < 4.78 is 5.24. The molecule has 3 heteroatoms. The summed E-state index contributed by atoms with van der Waals surface area (Å²) in [6, 6.07) is 0.246.